The van der Waals surface area contributed by atoms with Crippen LogP contribution in [0.1, 0.15) is 32.8 Å². The molecule has 1 aromatic heterocycles. The molecule has 0 fully saturated rings. The maximum Gasteiger partial charge on any atom is 0.319 e. The molecule has 0 aliphatic carbocycles. The van der Waals surface area contributed by atoms with Crippen molar-refractivity contribution < 1.29 is 14.4 Å². The molecular formula is C18H17BrN4O3. The minimum atomic E-state index is -0.359. The molecule has 2 N–H and O–H groups in total. The molecule has 2 aromatic rings. The Hall–Kier alpha value is -2.74. The van der Waals surface area contributed by atoms with Crippen LogP contribution in [0.25, 0.3) is 0 Å². The average Bonchev–Trinajstić information content (AvgIpc) is 2.84. The number of fused-ring (bicyclic) bond motifs is 1. The van der Waals surface area contributed by atoms with Crippen LogP contribution in [-0.4, -0.2) is 40.8 Å². The summed E-state index contributed by atoms with van der Waals surface area (Å²) >= 11 is 3.30. The molecule has 26 heavy (non-hydrogen) atoms. The van der Waals surface area contributed by atoms with Crippen LogP contribution < -0.4 is 10.6 Å². The normalized spacial score (nSPS) is 12.9. The van der Waals surface area contributed by atoms with Gasteiger partial charge in [-0.2, -0.15) is 0 Å². The van der Waals surface area contributed by atoms with Crippen molar-refractivity contribution in [2.24, 2.45) is 0 Å². The second-order valence-electron chi connectivity index (χ2n) is 5.87. The largest absolute Gasteiger partial charge is 0.338 e. The van der Waals surface area contributed by atoms with Crippen molar-refractivity contribution in [1.82, 2.24) is 15.2 Å². The van der Waals surface area contributed by atoms with Gasteiger partial charge in [0, 0.05) is 23.3 Å². The van der Waals surface area contributed by atoms with E-state index in [4.69, 9.17) is 0 Å². The highest BCUT2D eigenvalue weighted by Gasteiger charge is 2.34. The van der Waals surface area contributed by atoms with E-state index in [9.17, 15) is 14.4 Å². The number of pyridine rings is 1. The predicted octanol–water partition coefficient (Wildman–Crippen LogP) is 2.96. The van der Waals surface area contributed by atoms with E-state index < -0.39 is 0 Å². The molecular weight excluding hydrogens is 400 g/mol. The van der Waals surface area contributed by atoms with E-state index in [1.807, 2.05) is 6.92 Å². The monoisotopic (exact) mass is 416 g/mol. The van der Waals surface area contributed by atoms with Crippen LogP contribution in [0.5, 0.6) is 0 Å². The Labute approximate surface area is 158 Å². The number of nitrogens with zero attached hydrogens (tertiary/aromatic N) is 2. The van der Waals surface area contributed by atoms with Crippen molar-refractivity contribution in [2.75, 3.05) is 18.4 Å². The third-order valence-electron chi connectivity index (χ3n) is 3.95. The predicted molar refractivity (Wildman–Crippen MR) is 100 cm³/mol. The molecule has 2 heterocycles. The van der Waals surface area contributed by atoms with Crippen LogP contribution in [-0.2, 0) is 0 Å². The van der Waals surface area contributed by atoms with Crippen molar-refractivity contribution in [3.63, 3.8) is 0 Å². The number of rotatable bonds is 5. The lowest BCUT2D eigenvalue weighted by Gasteiger charge is -2.14. The van der Waals surface area contributed by atoms with Gasteiger partial charge in [0.1, 0.15) is 0 Å². The van der Waals surface area contributed by atoms with Gasteiger partial charge in [-0.1, -0.05) is 15.9 Å². The van der Waals surface area contributed by atoms with E-state index in [-0.39, 0.29) is 24.4 Å². The van der Waals surface area contributed by atoms with E-state index in [0.717, 1.165) is 10.2 Å². The van der Waals surface area contributed by atoms with E-state index in [2.05, 4.69) is 31.5 Å². The lowest BCUT2D eigenvalue weighted by molar-refractivity contribution is 0.0653. The second kappa shape index (κ2) is 7.65. The zero-order chi connectivity index (χ0) is 18.7. The fourth-order valence-corrected chi connectivity index (χ4v) is 2.98. The summed E-state index contributed by atoms with van der Waals surface area (Å²) in [6.45, 7) is 2.44. The molecule has 3 rings (SSSR count). The Morgan fingerprint density at radius 2 is 1.92 bits per heavy atom. The molecule has 1 aliphatic heterocycles. The number of anilines is 1. The highest BCUT2D eigenvalue weighted by molar-refractivity contribution is 9.10. The van der Waals surface area contributed by atoms with Crippen molar-refractivity contribution in [2.45, 2.75) is 13.3 Å². The Bertz CT molecular complexity index is 867. The zero-order valence-electron chi connectivity index (χ0n) is 14.1. The van der Waals surface area contributed by atoms with Crippen LogP contribution in [0.4, 0.5) is 10.5 Å². The quantitative estimate of drug-likeness (QED) is 0.578. The number of hydrogen-bond acceptors (Lipinski definition) is 4. The van der Waals surface area contributed by atoms with Gasteiger partial charge in [0.05, 0.1) is 23.0 Å². The van der Waals surface area contributed by atoms with Gasteiger partial charge in [0.15, 0.2) is 0 Å². The first-order chi connectivity index (χ1) is 12.5. The molecule has 0 saturated heterocycles. The number of aromatic nitrogens is 1. The first-order valence-electron chi connectivity index (χ1n) is 8.09. The van der Waals surface area contributed by atoms with Gasteiger partial charge >= 0.3 is 6.03 Å². The van der Waals surface area contributed by atoms with Gasteiger partial charge in [-0.3, -0.25) is 19.5 Å². The van der Waals surface area contributed by atoms with Gasteiger partial charge in [-0.25, -0.2) is 4.79 Å². The third-order valence-corrected chi connectivity index (χ3v) is 4.44. The van der Waals surface area contributed by atoms with Crippen molar-refractivity contribution in [3.05, 3.63) is 57.8 Å². The molecule has 0 saturated carbocycles. The Morgan fingerprint density at radius 3 is 2.65 bits per heavy atom. The molecule has 4 amide bonds. The number of carbonyl (C=O) groups is 3. The molecule has 0 atom stereocenters. The van der Waals surface area contributed by atoms with Crippen LogP contribution in [0, 0.1) is 6.92 Å². The van der Waals surface area contributed by atoms with Crippen LogP contribution >= 0.6 is 15.9 Å². The van der Waals surface area contributed by atoms with Crippen LogP contribution in [0.15, 0.2) is 41.0 Å². The van der Waals surface area contributed by atoms with Crippen LogP contribution in [0.3, 0.4) is 0 Å². The number of hydrogen-bond donors (Lipinski definition) is 2. The number of benzene rings is 1. The highest BCUT2D eigenvalue weighted by atomic mass is 79.9. The second-order valence-corrected chi connectivity index (χ2v) is 6.79. The standard InChI is InChI=1S/C18H17BrN4O3/c1-11-3-5-13(10-21-11)22-18(26)20-7-2-8-23-16(24)14-6-4-12(19)9-15(14)17(23)25/h3-6,9-10H,2,7-8H2,1H3,(H2,20,22,26). The highest BCUT2D eigenvalue weighted by Crippen LogP contribution is 2.25. The average molecular weight is 417 g/mol. The van der Waals surface area contributed by atoms with E-state index in [1.165, 1.54) is 4.90 Å². The summed E-state index contributed by atoms with van der Waals surface area (Å²) in [5, 5.41) is 5.37. The van der Waals surface area contributed by atoms with E-state index in [1.54, 1.807) is 36.5 Å². The fraction of sp³-hybridized carbons (Fsp3) is 0.222. The summed E-state index contributed by atoms with van der Waals surface area (Å²) in [6.07, 6.45) is 2.04. The summed E-state index contributed by atoms with van der Waals surface area (Å²) in [6, 6.07) is 8.23. The zero-order valence-corrected chi connectivity index (χ0v) is 15.7. The smallest absolute Gasteiger partial charge is 0.319 e. The van der Waals surface area contributed by atoms with E-state index in [0.29, 0.717) is 29.8 Å². The summed E-state index contributed by atoms with van der Waals surface area (Å²) in [7, 11) is 0. The number of aryl methyl sites for hydroxylation is 1. The Balaban J connectivity index is 1.47. The minimum Gasteiger partial charge on any atom is -0.338 e. The first kappa shape index (κ1) is 18.1. The Kier molecular flexibility index (Phi) is 5.32. The number of imide groups is 1. The number of carbonyl (C=O) groups excluding carboxylic acids is 3. The molecule has 7 nitrogen and oxygen atoms in total. The van der Waals surface area contributed by atoms with Gasteiger partial charge < -0.3 is 10.6 Å². The number of nitrogens with one attached hydrogen (secondary N) is 2. The maximum atomic E-state index is 12.3. The first-order valence-corrected chi connectivity index (χ1v) is 8.88. The third kappa shape index (κ3) is 3.91. The molecule has 0 radical (unpaired) electrons. The van der Waals surface area contributed by atoms with Crippen molar-refractivity contribution >= 4 is 39.5 Å². The minimum absolute atomic E-state index is 0.246. The van der Waals surface area contributed by atoms with Crippen molar-refractivity contribution in [1.29, 1.82) is 0 Å². The summed E-state index contributed by atoms with van der Waals surface area (Å²) < 4.78 is 0.753. The molecule has 1 aromatic carbocycles. The topological polar surface area (TPSA) is 91.4 Å². The molecule has 0 bridgehead atoms. The van der Waals surface area contributed by atoms with E-state index >= 15 is 0 Å². The number of amides is 4. The lowest BCUT2D eigenvalue weighted by atomic mass is 10.1. The fourth-order valence-electron chi connectivity index (χ4n) is 2.62. The molecule has 8 heteroatoms. The number of halogens is 1. The van der Waals surface area contributed by atoms with Gasteiger partial charge in [0.25, 0.3) is 11.8 Å². The molecule has 0 unspecified atom stereocenters. The summed E-state index contributed by atoms with van der Waals surface area (Å²) in [4.78, 5) is 41.8. The molecule has 134 valence electrons. The SMILES string of the molecule is Cc1ccc(NC(=O)NCCCN2C(=O)c3ccc(Br)cc3C2=O)cn1. The van der Waals surface area contributed by atoms with Crippen LogP contribution in [0.2, 0.25) is 0 Å². The molecule has 0 spiro atoms. The van der Waals surface area contributed by atoms with Gasteiger partial charge in [-0.05, 0) is 43.7 Å². The summed E-state index contributed by atoms with van der Waals surface area (Å²) in [5.74, 6) is -0.603. The number of urea groups is 1. The van der Waals surface area contributed by atoms with Gasteiger partial charge in [-0.15, -0.1) is 0 Å². The molecule has 1 aliphatic rings. The maximum absolute atomic E-state index is 12.3. The lowest BCUT2D eigenvalue weighted by Crippen LogP contribution is -2.35. The van der Waals surface area contributed by atoms with Crippen molar-refractivity contribution in [3.8, 4) is 0 Å². The Morgan fingerprint density at radius 1 is 1.15 bits per heavy atom. The van der Waals surface area contributed by atoms with Gasteiger partial charge in [0.2, 0.25) is 0 Å². The summed E-state index contributed by atoms with van der Waals surface area (Å²) in [5.41, 5.74) is 2.28.